The van der Waals surface area contributed by atoms with Crippen molar-refractivity contribution in [1.82, 2.24) is 0 Å². The monoisotopic (exact) mass is 379 g/mol. The summed E-state index contributed by atoms with van der Waals surface area (Å²) in [7, 11) is 2.10. The van der Waals surface area contributed by atoms with Crippen LogP contribution in [0.25, 0.3) is 10.8 Å². The van der Waals surface area contributed by atoms with E-state index in [0.717, 1.165) is 23.5 Å². The van der Waals surface area contributed by atoms with Gasteiger partial charge in [0.15, 0.2) is 0 Å². The van der Waals surface area contributed by atoms with Gasteiger partial charge >= 0.3 is 0 Å². The van der Waals surface area contributed by atoms with E-state index in [0.29, 0.717) is 0 Å². The summed E-state index contributed by atoms with van der Waals surface area (Å²) in [6.45, 7) is 3.13. The van der Waals surface area contributed by atoms with Gasteiger partial charge in [0.1, 0.15) is 0 Å². The SMILES string of the molecule is CCN(C)c1ccc(C=NN(c2ccccc2)c2ccc3ccccc3c2)cc1. The molecule has 0 N–H and O–H groups in total. The predicted octanol–water partition coefficient (Wildman–Crippen LogP) is 6.47. The number of hydrogen-bond acceptors (Lipinski definition) is 3. The summed E-state index contributed by atoms with van der Waals surface area (Å²) in [5.74, 6) is 0. The number of hydrazone groups is 1. The van der Waals surface area contributed by atoms with Crippen molar-refractivity contribution in [3.63, 3.8) is 0 Å². The molecule has 3 nitrogen and oxygen atoms in total. The van der Waals surface area contributed by atoms with Crippen LogP contribution in [0.1, 0.15) is 12.5 Å². The molecule has 29 heavy (non-hydrogen) atoms. The second kappa shape index (κ2) is 8.61. The molecular formula is C26H25N3. The van der Waals surface area contributed by atoms with Crippen molar-refractivity contribution in [2.24, 2.45) is 5.10 Å². The molecular weight excluding hydrogens is 354 g/mol. The Morgan fingerprint density at radius 2 is 1.34 bits per heavy atom. The minimum absolute atomic E-state index is 0.983. The van der Waals surface area contributed by atoms with E-state index in [1.54, 1.807) is 0 Å². The van der Waals surface area contributed by atoms with Crippen molar-refractivity contribution in [3.05, 3.63) is 103 Å². The Labute approximate surface area is 172 Å². The molecule has 0 saturated heterocycles. The maximum atomic E-state index is 4.83. The Bertz CT molecular complexity index is 1100. The van der Waals surface area contributed by atoms with E-state index in [4.69, 9.17) is 5.10 Å². The summed E-state index contributed by atoms with van der Waals surface area (Å²) in [5, 5.41) is 9.24. The van der Waals surface area contributed by atoms with Crippen LogP contribution in [0, 0.1) is 0 Å². The van der Waals surface area contributed by atoms with Gasteiger partial charge in [-0.25, -0.2) is 5.01 Å². The van der Waals surface area contributed by atoms with Crippen LogP contribution in [0.5, 0.6) is 0 Å². The number of anilines is 3. The third kappa shape index (κ3) is 4.30. The van der Waals surface area contributed by atoms with Gasteiger partial charge in [-0.15, -0.1) is 0 Å². The van der Waals surface area contributed by atoms with Gasteiger partial charge in [0.25, 0.3) is 0 Å². The van der Waals surface area contributed by atoms with Gasteiger partial charge in [0.05, 0.1) is 17.6 Å². The fourth-order valence-electron chi connectivity index (χ4n) is 3.28. The standard InChI is InChI=1S/C26H25N3/c1-3-28(2)24-16-13-21(14-17-24)20-27-29(25-11-5-4-6-12-25)26-18-15-22-9-7-8-10-23(22)19-26/h4-20H,3H2,1-2H3. The van der Waals surface area contributed by atoms with Gasteiger partial charge in [-0.2, -0.15) is 5.10 Å². The molecule has 0 aromatic heterocycles. The van der Waals surface area contributed by atoms with Crippen molar-refractivity contribution in [2.75, 3.05) is 23.5 Å². The number of para-hydroxylation sites is 1. The highest BCUT2D eigenvalue weighted by Crippen LogP contribution is 2.29. The molecule has 0 bridgehead atoms. The van der Waals surface area contributed by atoms with Gasteiger partial charge in [-0.3, -0.25) is 0 Å². The zero-order valence-corrected chi connectivity index (χ0v) is 16.9. The maximum absolute atomic E-state index is 4.83. The Balaban J connectivity index is 1.68. The Morgan fingerprint density at radius 1 is 0.690 bits per heavy atom. The van der Waals surface area contributed by atoms with Crippen LogP contribution in [-0.4, -0.2) is 19.8 Å². The smallest absolute Gasteiger partial charge is 0.0659 e. The second-order valence-electron chi connectivity index (χ2n) is 7.03. The van der Waals surface area contributed by atoms with Gasteiger partial charge in [0, 0.05) is 19.3 Å². The lowest BCUT2D eigenvalue weighted by molar-refractivity contribution is 0.968. The summed E-state index contributed by atoms with van der Waals surface area (Å²) >= 11 is 0. The fourth-order valence-corrected chi connectivity index (χ4v) is 3.28. The minimum atomic E-state index is 0.983. The van der Waals surface area contributed by atoms with E-state index < -0.39 is 0 Å². The first-order chi connectivity index (χ1) is 14.2. The molecule has 0 aliphatic rings. The molecule has 0 amide bonds. The third-order valence-corrected chi connectivity index (χ3v) is 5.11. The van der Waals surface area contributed by atoms with E-state index in [1.165, 1.54) is 16.5 Å². The first-order valence-corrected chi connectivity index (χ1v) is 9.94. The summed E-state index contributed by atoms with van der Waals surface area (Å²) in [6.07, 6.45) is 1.91. The van der Waals surface area contributed by atoms with E-state index in [1.807, 2.05) is 29.4 Å². The first-order valence-electron chi connectivity index (χ1n) is 9.94. The number of fused-ring (bicyclic) bond motifs is 1. The Kier molecular flexibility index (Phi) is 5.57. The van der Waals surface area contributed by atoms with Crippen LogP contribution < -0.4 is 9.91 Å². The summed E-state index contributed by atoms with van der Waals surface area (Å²) < 4.78 is 0. The van der Waals surface area contributed by atoms with Gasteiger partial charge in [-0.1, -0.05) is 60.7 Å². The molecule has 144 valence electrons. The summed E-state index contributed by atoms with van der Waals surface area (Å²) in [6, 6.07) is 33.6. The fraction of sp³-hybridized carbons (Fsp3) is 0.115. The van der Waals surface area contributed by atoms with Crippen molar-refractivity contribution < 1.29 is 0 Å². The first kappa shape index (κ1) is 18.8. The quantitative estimate of drug-likeness (QED) is 0.282. The normalized spacial score (nSPS) is 11.1. The lowest BCUT2D eigenvalue weighted by Crippen LogP contribution is -2.15. The topological polar surface area (TPSA) is 18.8 Å². The van der Waals surface area contributed by atoms with Crippen LogP contribution in [0.3, 0.4) is 0 Å². The predicted molar refractivity (Wildman–Crippen MR) is 126 cm³/mol. The molecule has 0 spiro atoms. The van der Waals surface area contributed by atoms with Crippen LogP contribution in [-0.2, 0) is 0 Å². The number of benzene rings is 4. The maximum Gasteiger partial charge on any atom is 0.0659 e. The zero-order chi connectivity index (χ0) is 20.1. The highest BCUT2D eigenvalue weighted by atomic mass is 15.5. The van der Waals surface area contributed by atoms with Gasteiger partial charge in [-0.05, 0) is 59.7 Å². The molecule has 4 aromatic carbocycles. The lowest BCUT2D eigenvalue weighted by Gasteiger charge is -2.20. The Hall–Kier alpha value is -3.59. The Morgan fingerprint density at radius 3 is 2.07 bits per heavy atom. The molecule has 0 saturated carbocycles. The molecule has 0 heterocycles. The molecule has 0 aliphatic heterocycles. The van der Waals surface area contributed by atoms with E-state index in [2.05, 4.69) is 97.7 Å². The zero-order valence-electron chi connectivity index (χ0n) is 16.9. The number of rotatable bonds is 6. The van der Waals surface area contributed by atoms with Crippen LogP contribution >= 0.6 is 0 Å². The minimum Gasteiger partial charge on any atom is -0.375 e. The van der Waals surface area contributed by atoms with E-state index in [9.17, 15) is 0 Å². The third-order valence-electron chi connectivity index (χ3n) is 5.11. The van der Waals surface area contributed by atoms with E-state index >= 15 is 0 Å². The van der Waals surface area contributed by atoms with Crippen LogP contribution in [0.2, 0.25) is 0 Å². The van der Waals surface area contributed by atoms with Crippen molar-refractivity contribution in [2.45, 2.75) is 6.92 Å². The number of hydrogen-bond donors (Lipinski definition) is 0. The van der Waals surface area contributed by atoms with Crippen LogP contribution in [0.4, 0.5) is 17.1 Å². The average Bonchev–Trinajstić information content (AvgIpc) is 2.79. The highest BCUT2D eigenvalue weighted by Gasteiger charge is 2.08. The summed E-state index contributed by atoms with van der Waals surface area (Å²) in [5.41, 5.74) is 4.34. The number of nitrogens with zero attached hydrogens (tertiary/aromatic N) is 3. The molecule has 0 radical (unpaired) electrons. The molecule has 0 fully saturated rings. The van der Waals surface area contributed by atoms with Crippen molar-refractivity contribution in [3.8, 4) is 0 Å². The second-order valence-corrected chi connectivity index (χ2v) is 7.03. The highest BCUT2D eigenvalue weighted by molar-refractivity contribution is 5.88. The summed E-state index contributed by atoms with van der Waals surface area (Å²) in [4.78, 5) is 2.21. The van der Waals surface area contributed by atoms with Gasteiger partial charge in [0.2, 0.25) is 0 Å². The molecule has 3 heteroatoms. The van der Waals surface area contributed by atoms with Crippen molar-refractivity contribution >= 4 is 34.0 Å². The van der Waals surface area contributed by atoms with Crippen LogP contribution in [0.15, 0.2) is 102 Å². The molecule has 4 aromatic rings. The molecule has 0 unspecified atom stereocenters. The molecule has 0 aliphatic carbocycles. The van der Waals surface area contributed by atoms with Gasteiger partial charge < -0.3 is 4.90 Å². The van der Waals surface area contributed by atoms with Crippen molar-refractivity contribution in [1.29, 1.82) is 0 Å². The average molecular weight is 380 g/mol. The lowest BCUT2D eigenvalue weighted by atomic mass is 10.1. The largest absolute Gasteiger partial charge is 0.375 e. The molecule has 4 rings (SSSR count). The molecule has 0 atom stereocenters. The van der Waals surface area contributed by atoms with E-state index in [-0.39, 0.29) is 0 Å².